The number of hydrogen-bond acceptors (Lipinski definition) is 5. The van der Waals surface area contributed by atoms with E-state index in [1.54, 1.807) is 49.6 Å². The van der Waals surface area contributed by atoms with Gasteiger partial charge in [0.1, 0.15) is 6.61 Å². The van der Waals surface area contributed by atoms with E-state index in [0.29, 0.717) is 49.5 Å². The van der Waals surface area contributed by atoms with Gasteiger partial charge in [-0.05, 0) is 76.1 Å². The molecule has 5 nitrogen and oxygen atoms in total. The Morgan fingerprint density at radius 1 is 1.00 bits per heavy atom. The van der Waals surface area contributed by atoms with E-state index in [4.69, 9.17) is 32.7 Å². The molecule has 0 aromatic heterocycles. The van der Waals surface area contributed by atoms with E-state index in [-0.39, 0.29) is 5.91 Å². The highest BCUT2D eigenvalue weighted by molar-refractivity contribution is 8.18. The van der Waals surface area contributed by atoms with Gasteiger partial charge in [0.2, 0.25) is 0 Å². The van der Waals surface area contributed by atoms with Crippen LogP contribution < -0.4 is 14.8 Å². The number of ether oxygens (including phenoxy) is 2. The van der Waals surface area contributed by atoms with Crippen molar-refractivity contribution in [1.82, 2.24) is 5.32 Å². The average Bonchev–Trinajstić information content (AvgIpc) is 3.22. The van der Waals surface area contributed by atoms with Crippen LogP contribution in [0.25, 0.3) is 16.8 Å². The Kier molecular flexibility index (Phi) is 7.18. The normalized spacial score (nSPS) is 15.5. The number of carbonyl (C=O) groups is 1. The van der Waals surface area contributed by atoms with Gasteiger partial charge in [-0.25, -0.2) is 4.99 Å². The minimum absolute atomic E-state index is 0.237. The highest BCUT2D eigenvalue weighted by atomic mass is 35.5. The molecule has 1 fully saturated rings. The highest BCUT2D eigenvalue weighted by Crippen LogP contribution is 2.39. The van der Waals surface area contributed by atoms with Crippen molar-refractivity contribution in [2.45, 2.75) is 6.61 Å². The third kappa shape index (κ3) is 5.36. The Hall–Kier alpha value is -3.45. The molecule has 4 aromatic carbocycles. The van der Waals surface area contributed by atoms with Gasteiger partial charge in [0.15, 0.2) is 16.7 Å². The quantitative estimate of drug-likeness (QED) is 0.258. The predicted molar refractivity (Wildman–Crippen MR) is 149 cm³/mol. The second-order valence-electron chi connectivity index (χ2n) is 7.92. The van der Waals surface area contributed by atoms with E-state index in [9.17, 15) is 4.79 Å². The van der Waals surface area contributed by atoms with Crippen molar-refractivity contribution in [3.8, 4) is 11.5 Å². The number of nitrogens with zero attached hydrogens (tertiary/aromatic N) is 1. The molecule has 1 N–H and O–H groups in total. The maximum absolute atomic E-state index is 12.5. The van der Waals surface area contributed by atoms with E-state index < -0.39 is 0 Å². The van der Waals surface area contributed by atoms with E-state index in [1.165, 1.54) is 11.8 Å². The van der Waals surface area contributed by atoms with Gasteiger partial charge in [0, 0.05) is 5.02 Å². The molecule has 0 saturated carbocycles. The second kappa shape index (κ2) is 10.7. The monoisotopic (exact) mass is 534 g/mol. The number of fused-ring (bicyclic) bond motifs is 1. The van der Waals surface area contributed by atoms with Crippen molar-refractivity contribution in [3.63, 3.8) is 0 Å². The Bertz CT molecular complexity index is 1510. The van der Waals surface area contributed by atoms with Crippen molar-refractivity contribution >= 4 is 68.6 Å². The molecule has 5 rings (SSSR count). The number of halogens is 2. The molecule has 8 heteroatoms. The number of amidine groups is 1. The zero-order valence-electron chi connectivity index (χ0n) is 19.1. The molecule has 1 aliphatic heterocycles. The second-order valence-corrected chi connectivity index (χ2v) is 9.79. The number of methoxy groups -OCH3 is 1. The van der Waals surface area contributed by atoms with Crippen LogP contribution in [0.2, 0.25) is 10.0 Å². The average molecular weight is 535 g/mol. The first-order valence-corrected chi connectivity index (χ1v) is 12.6. The Labute approximate surface area is 222 Å². The van der Waals surface area contributed by atoms with Crippen molar-refractivity contribution in [2.75, 3.05) is 7.11 Å². The lowest BCUT2D eigenvalue weighted by atomic mass is 10.1. The summed E-state index contributed by atoms with van der Waals surface area (Å²) in [5.74, 6) is 0.690. The zero-order valence-corrected chi connectivity index (χ0v) is 21.5. The van der Waals surface area contributed by atoms with Crippen LogP contribution in [0.1, 0.15) is 11.1 Å². The van der Waals surface area contributed by atoms with Crippen LogP contribution in [0.15, 0.2) is 88.8 Å². The first-order chi connectivity index (χ1) is 17.5. The smallest absolute Gasteiger partial charge is 0.264 e. The predicted octanol–water partition coefficient (Wildman–Crippen LogP) is 7.63. The van der Waals surface area contributed by atoms with Crippen LogP contribution in [-0.2, 0) is 11.4 Å². The van der Waals surface area contributed by atoms with Crippen LogP contribution in [-0.4, -0.2) is 18.2 Å². The molecule has 1 saturated heterocycles. The standard InChI is InChI=1S/C28H20Cl2N2O3S/c1-34-24-14-17(15-25-27(33)32-28(36-25)31-21-11-9-20(29)10-12-21)13-23(30)26(24)35-16-19-7-4-6-18-5-2-3-8-22(18)19/h2-15H,16H2,1H3,(H,31,32,33)/b25-15-. The summed E-state index contributed by atoms with van der Waals surface area (Å²) < 4.78 is 11.7. The summed E-state index contributed by atoms with van der Waals surface area (Å²) in [4.78, 5) is 17.5. The molecular weight excluding hydrogens is 515 g/mol. The summed E-state index contributed by atoms with van der Waals surface area (Å²) in [5.41, 5.74) is 2.45. The molecule has 4 aromatic rings. The van der Waals surface area contributed by atoms with Gasteiger partial charge in [0.05, 0.1) is 22.7 Å². The third-order valence-corrected chi connectivity index (χ3v) is 6.95. The molecule has 36 heavy (non-hydrogen) atoms. The third-order valence-electron chi connectivity index (χ3n) is 5.51. The van der Waals surface area contributed by atoms with Gasteiger partial charge in [-0.1, -0.05) is 65.7 Å². The molecular formula is C28H20Cl2N2O3S. The fourth-order valence-corrected chi connectivity index (χ4v) is 5.04. The molecule has 0 atom stereocenters. The van der Waals surface area contributed by atoms with Gasteiger partial charge < -0.3 is 14.8 Å². The van der Waals surface area contributed by atoms with Crippen molar-refractivity contribution in [2.24, 2.45) is 4.99 Å². The van der Waals surface area contributed by atoms with E-state index >= 15 is 0 Å². The number of hydrogen-bond donors (Lipinski definition) is 1. The van der Waals surface area contributed by atoms with Crippen LogP contribution in [0, 0.1) is 0 Å². The van der Waals surface area contributed by atoms with E-state index in [2.05, 4.69) is 28.5 Å². The number of rotatable bonds is 6. The summed E-state index contributed by atoms with van der Waals surface area (Å²) in [7, 11) is 1.56. The van der Waals surface area contributed by atoms with E-state index in [0.717, 1.165) is 16.3 Å². The van der Waals surface area contributed by atoms with Crippen molar-refractivity contribution < 1.29 is 14.3 Å². The molecule has 0 aliphatic carbocycles. The summed E-state index contributed by atoms with van der Waals surface area (Å²) >= 11 is 13.8. The molecule has 180 valence electrons. The maximum atomic E-state index is 12.5. The van der Waals surface area contributed by atoms with Crippen LogP contribution in [0.4, 0.5) is 5.69 Å². The topological polar surface area (TPSA) is 59.9 Å². The fourth-order valence-electron chi connectivity index (χ4n) is 3.80. The number of carbonyl (C=O) groups excluding carboxylic acids is 1. The largest absolute Gasteiger partial charge is 0.493 e. The zero-order chi connectivity index (χ0) is 25.1. The van der Waals surface area contributed by atoms with Crippen LogP contribution >= 0.6 is 35.0 Å². The molecule has 0 unspecified atom stereocenters. The molecule has 0 radical (unpaired) electrons. The number of benzene rings is 4. The molecule has 1 amide bonds. The van der Waals surface area contributed by atoms with Crippen LogP contribution in [0.3, 0.4) is 0 Å². The van der Waals surface area contributed by atoms with Gasteiger partial charge >= 0.3 is 0 Å². The first-order valence-electron chi connectivity index (χ1n) is 11.0. The SMILES string of the molecule is COc1cc(/C=C2\SC(=Nc3ccc(Cl)cc3)NC2=O)cc(Cl)c1OCc1cccc2ccccc12. The van der Waals surface area contributed by atoms with Crippen molar-refractivity contribution in [1.29, 1.82) is 0 Å². The minimum atomic E-state index is -0.237. The summed E-state index contributed by atoms with van der Waals surface area (Å²) in [5, 5.41) is 6.54. The van der Waals surface area contributed by atoms with Gasteiger partial charge in [0.25, 0.3) is 5.91 Å². The first kappa shape index (κ1) is 24.3. The number of amides is 1. The number of aliphatic imine (C=N–C) groups is 1. The summed E-state index contributed by atoms with van der Waals surface area (Å²) in [6, 6.07) is 24.8. The van der Waals surface area contributed by atoms with Crippen LogP contribution in [0.5, 0.6) is 11.5 Å². The summed E-state index contributed by atoms with van der Waals surface area (Å²) in [6.45, 7) is 0.334. The summed E-state index contributed by atoms with van der Waals surface area (Å²) in [6.07, 6.45) is 1.74. The van der Waals surface area contributed by atoms with E-state index in [1.807, 2.05) is 24.3 Å². The van der Waals surface area contributed by atoms with Gasteiger partial charge in [-0.3, -0.25) is 4.79 Å². The highest BCUT2D eigenvalue weighted by Gasteiger charge is 2.24. The lowest BCUT2D eigenvalue weighted by molar-refractivity contribution is -0.115. The van der Waals surface area contributed by atoms with Crippen molar-refractivity contribution in [3.05, 3.63) is 105 Å². The van der Waals surface area contributed by atoms with Gasteiger partial charge in [-0.15, -0.1) is 0 Å². The Morgan fingerprint density at radius 3 is 2.58 bits per heavy atom. The maximum Gasteiger partial charge on any atom is 0.264 e. The number of nitrogens with one attached hydrogen (secondary N) is 1. The Morgan fingerprint density at radius 2 is 1.78 bits per heavy atom. The molecule has 1 heterocycles. The molecule has 0 spiro atoms. The molecule has 0 bridgehead atoms. The van der Waals surface area contributed by atoms with Gasteiger partial charge in [-0.2, -0.15) is 0 Å². The Balaban J connectivity index is 1.36. The molecule has 1 aliphatic rings. The lowest BCUT2D eigenvalue weighted by Crippen LogP contribution is -2.19. The lowest BCUT2D eigenvalue weighted by Gasteiger charge is -2.14. The fraction of sp³-hybridized carbons (Fsp3) is 0.0714. The number of thioether (sulfide) groups is 1. The minimum Gasteiger partial charge on any atom is -0.493 e.